The highest BCUT2D eigenvalue weighted by atomic mass is 127. The van der Waals surface area contributed by atoms with E-state index in [2.05, 4.69) is 33.1 Å². The summed E-state index contributed by atoms with van der Waals surface area (Å²) in [4.78, 5) is 11.1. The van der Waals surface area contributed by atoms with Crippen molar-refractivity contribution in [1.82, 2.24) is 0 Å². The highest BCUT2D eigenvalue weighted by Crippen LogP contribution is 2.08. The number of hydrogen-bond acceptors (Lipinski definition) is 2. The average molecular weight is 342 g/mol. The lowest BCUT2D eigenvalue weighted by Crippen LogP contribution is -3.00. The highest BCUT2D eigenvalue weighted by Gasteiger charge is 2.17. The molecule has 1 atom stereocenters. The molecule has 0 amide bonds. The maximum atomic E-state index is 11.1. The van der Waals surface area contributed by atoms with Crippen LogP contribution in [0.25, 0.3) is 0 Å². The lowest BCUT2D eigenvalue weighted by molar-refractivity contribution is -0.407. The van der Waals surface area contributed by atoms with Crippen molar-refractivity contribution in [2.24, 2.45) is 0 Å². The fourth-order valence-corrected chi connectivity index (χ4v) is 1.51. The molecule has 0 saturated heterocycles. The fourth-order valence-electron chi connectivity index (χ4n) is 1.16. The second kappa shape index (κ2) is 7.03. The Balaban J connectivity index is 0.00000196. The Morgan fingerprint density at radius 3 is 2.47 bits per heavy atom. The Kier molecular flexibility index (Phi) is 6.87. The van der Waals surface area contributed by atoms with E-state index >= 15 is 0 Å². The first-order chi connectivity index (χ1) is 6.63. The lowest BCUT2D eigenvalue weighted by Gasteiger charge is -2.05. The average Bonchev–Trinajstić information content (AvgIpc) is 2.20. The second-order valence-corrected chi connectivity index (χ2v) is 4.30. The van der Waals surface area contributed by atoms with Gasteiger partial charge in [-0.3, -0.25) is 0 Å². The highest BCUT2D eigenvalue weighted by molar-refractivity contribution is 14.1. The number of methoxy groups -OCH3 is 1. The summed E-state index contributed by atoms with van der Waals surface area (Å²) in [6.07, 6.45) is 0.629. The van der Waals surface area contributed by atoms with Crippen LogP contribution in [-0.2, 0) is 16.0 Å². The third kappa shape index (κ3) is 4.81. The molecule has 0 spiro atoms. The van der Waals surface area contributed by atoms with Crippen molar-refractivity contribution in [1.29, 1.82) is 0 Å². The smallest absolute Gasteiger partial charge is 0.364 e. The molecule has 0 heterocycles. The van der Waals surface area contributed by atoms with Gasteiger partial charge in [0, 0.05) is 9.99 Å². The summed E-state index contributed by atoms with van der Waals surface area (Å²) in [7, 11) is 1.38. The molecular formula is C10H13ClINO2. The van der Waals surface area contributed by atoms with E-state index in [0.717, 1.165) is 5.56 Å². The van der Waals surface area contributed by atoms with E-state index in [9.17, 15) is 4.79 Å². The Hall–Kier alpha value is -0.330. The van der Waals surface area contributed by atoms with Gasteiger partial charge in [0.15, 0.2) is 6.04 Å². The molecule has 0 aromatic heterocycles. The lowest BCUT2D eigenvalue weighted by atomic mass is 10.1. The molecule has 0 fully saturated rings. The third-order valence-electron chi connectivity index (χ3n) is 1.93. The number of benzene rings is 1. The van der Waals surface area contributed by atoms with Gasteiger partial charge in [0.25, 0.3) is 0 Å². The maximum Gasteiger partial charge on any atom is 0.364 e. The van der Waals surface area contributed by atoms with E-state index in [1.807, 2.05) is 24.3 Å². The number of esters is 1. The van der Waals surface area contributed by atoms with Crippen LogP contribution < -0.4 is 18.1 Å². The van der Waals surface area contributed by atoms with Crippen LogP contribution in [0.2, 0.25) is 0 Å². The molecule has 3 nitrogen and oxygen atoms in total. The van der Waals surface area contributed by atoms with Crippen LogP contribution in [0.5, 0.6) is 0 Å². The number of halogens is 2. The first-order valence-electron chi connectivity index (χ1n) is 4.29. The Morgan fingerprint density at radius 2 is 2.00 bits per heavy atom. The number of carbonyl (C=O) groups is 1. The van der Waals surface area contributed by atoms with Gasteiger partial charge >= 0.3 is 5.97 Å². The van der Waals surface area contributed by atoms with Crippen LogP contribution in [0.4, 0.5) is 0 Å². The number of carbonyl (C=O) groups excluding carboxylic acids is 1. The SMILES string of the molecule is COC(=O)C([NH3+])Cc1ccc(I)cc1.[Cl-]. The Labute approximate surface area is 109 Å². The van der Waals surface area contributed by atoms with E-state index in [0.29, 0.717) is 6.42 Å². The summed E-state index contributed by atoms with van der Waals surface area (Å²) in [5.74, 6) is -0.261. The molecular weight excluding hydrogens is 328 g/mol. The van der Waals surface area contributed by atoms with Crippen molar-refractivity contribution >= 4 is 28.6 Å². The Morgan fingerprint density at radius 1 is 1.47 bits per heavy atom. The second-order valence-electron chi connectivity index (χ2n) is 3.05. The zero-order chi connectivity index (χ0) is 10.6. The Bertz CT molecular complexity index is 316. The minimum absolute atomic E-state index is 0. The van der Waals surface area contributed by atoms with Crippen LogP contribution in [0, 0.1) is 3.57 Å². The molecule has 0 aliphatic heterocycles. The number of rotatable bonds is 3. The van der Waals surface area contributed by atoms with Gasteiger partial charge in [-0.2, -0.15) is 0 Å². The normalized spacial score (nSPS) is 11.4. The van der Waals surface area contributed by atoms with Crippen LogP contribution in [-0.4, -0.2) is 19.1 Å². The monoisotopic (exact) mass is 341 g/mol. The maximum absolute atomic E-state index is 11.1. The standard InChI is InChI=1S/C10H12INO2.ClH/c1-14-10(13)9(12)6-7-2-4-8(11)5-3-7;/h2-5,9H,6,12H2,1H3;1H. The van der Waals surface area contributed by atoms with Gasteiger partial charge < -0.3 is 22.9 Å². The minimum Gasteiger partial charge on any atom is -1.00 e. The molecule has 0 saturated carbocycles. The van der Waals surface area contributed by atoms with Gasteiger partial charge in [0.05, 0.1) is 7.11 Å². The first-order valence-corrected chi connectivity index (χ1v) is 5.36. The third-order valence-corrected chi connectivity index (χ3v) is 2.65. The molecule has 0 radical (unpaired) electrons. The molecule has 1 aromatic rings. The van der Waals surface area contributed by atoms with Crippen LogP contribution >= 0.6 is 22.6 Å². The topological polar surface area (TPSA) is 53.9 Å². The van der Waals surface area contributed by atoms with E-state index in [-0.39, 0.29) is 24.4 Å². The minimum atomic E-state index is -0.319. The molecule has 0 aliphatic rings. The molecule has 0 bridgehead atoms. The predicted molar refractivity (Wildman–Crippen MR) is 61.6 cm³/mol. The molecule has 1 aromatic carbocycles. The van der Waals surface area contributed by atoms with Gasteiger partial charge in [-0.05, 0) is 40.3 Å². The molecule has 1 unspecified atom stereocenters. The predicted octanol–water partition coefficient (Wildman–Crippen LogP) is -2.38. The molecule has 15 heavy (non-hydrogen) atoms. The van der Waals surface area contributed by atoms with Gasteiger partial charge in [-0.1, -0.05) is 12.1 Å². The quantitative estimate of drug-likeness (QED) is 0.493. The van der Waals surface area contributed by atoms with Crippen molar-refractivity contribution in [2.45, 2.75) is 12.5 Å². The number of hydrogen-bond donors (Lipinski definition) is 1. The summed E-state index contributed by atoms with van der Waals surface area (Å²) < 4.78 is 5.79. The van der Waals surface area contributed by atoms with Crippen molar-refractivity contribution in [2.75, 3.05) is 7.11 Å². The molecule has 0 aliphatic carbocycles. The van der Waals surface area contributed by atoms with Gasteiger partial charge in [-0.15, -0.1) is 0 Å². The van der Waals surface area contributed by atoms with E-state index < -0.39 is 0 Å². The summed E-state index contributed by atoms with van der Waals surface area (Å²) in [5, 5.41) is 0. The van der Waals surface area contributed by atoms with Crippen LogP contribution in [0.1, 0.15) is 5.56 Å². The summed E-state index contributed by atoms with van der Waals surface area (Å²) >= 11 is 2.24. The van der Waals surface area contributed by atoms with Crippen molar-refractivity contribution in [3.8, 4) is 0 Å². The summed E-state index contributed by atoms with van der Waals surface area (Å²) in [5.41, 5.74) is 4.86. The van der Waals surface area contributed by atoms with Crippen molar-refractivity contribution in [3.05, 3.63) is 33.4 Å². The van der Waals surface area contributed by atoms with Gasteiger partial charge in [0.2, 0.25) is 0 Å². The zero-order valence-corrected chi connectivity index (χ0v) is 11.3. The van der Waals surface area contributed by atoms with Gasteiger partial charge in [0.1, 0.15) is 0 Å². The van der Waals surface area contributed by atoms with E-state index in [1.54, 1.807) is 0 Å². The molecule has 5 heteroatoms. The van der Waals surface area contributed by atoms with Crippen molar-refractivity contribution in [3.63, 3.8) is 0 Å². The number of quaternary nitrogens is 1. The summed E-state index contributed by atoms with van der Waals surface area (Å²) in [6, 6.07) is 7.71. The number of ether oxygens (including phenoxy) is 1. The first kappa shape index (κ1) is 14.7. The van der Waals surface area contributed by atoms with E-state index in [4.69, 9.17) is 0 Å². The van der Waals surface area contributed by atoms with Crippen molar-refractivity contribution < 1.29 is 27.7 Å². The van der Waals surface area contributed by atoms with Gasteiger partial charge in [-0.25, -0.2) is 4.79 Å². The largest absolute Gasteiger partial charge is 1.00 e. The zero-order valence-electron chi connectivity index (χ0n) is 8.37. The summed E-state index contributed by atoms with van der Waals surface area (Å²) in [6.45, 7) is 0. The molecule has 3 N–H and O–H groups in total. The molecule has 84 valence electrons. The molecule has 1 rings (SSSR count). The van der Waals surface area contributed by atoms with E-state index in [1.165, 1.54) is 10.7 Å². The fraction of sp³-hybridized carbons (Fsp3) is 0.300. The van der Waals surface area contributed by atoms with Crippen LogP contribution in [0.15, 0.2) is 24.3 Å². The van der Waals surface area contributed by atoms with Crippen LogP contribution in [0.3, 0.4) is 0 Å².